The first-order valence-corrected chi connectivity index (χ1v) is 5.76. The van der Waals surface area contributed by atoms with Gasteiger partial charge in [-0.2, -0.15) is 0 Å². The largest absolute Gasteiger partial charge is 0.475 e. The second-order valence-electron chi connectivity index (χ2n) is 4.37. The normalized spacial score (nSPS) is 19.9. The quantitative estimate of drug-likeness (QED) is 0.795. The highest BCUT2D eigenvalue weighted by molar-refractivity contribution is 5.94. The van der Waals surface area contributed by atoms with Gasteiger partial charge in [-0.25, -0.2) is 4.79 Å². The van der Waals surface area contributed by atoms with Gasteiger partial charge in [-0.05, 0) is 26.4 Å². The lowest BCUT2D eigenvalue weighted by atomic mass is 10.2. The summed E-state index contributed by atoms with van der Waals surface area (Å²) in [7, 11) is 2.02. The Balaban J connectivity index is 1.89. The summed E-state index contributed by atoms with van der Waals surface area (Å²) >= 11 is 0. The van der Waals surface area contributed by atoms with Gasteiger partial charge < -0.3 is 19.8 Å². The van der Waals surface area contributed by atoms with E-state index in [9.17, 15) is 9.59 Å². The van der Waals surface area contributed by atoms with Crippen LogP contribution in [0.25, 0.3) is 0 Å². The van der Waals surface area contributed by atoms with Gasteiger partial charge in [0.2, 0.25) is 5.76 Å². The van der Waals surface area contributed by atoms with Crippen molar-refractivity contribution in [3.8, 4) is 0 Å². The molecule has 1 aromatic rings. The Bertz CT molecular complexity index is 457. The fourth-order valence-electron chi connectivity index (χ4n) is 2.02. The van der Waals surface area contributed by atoms with Crippen LogP contribution in [0.15, 0.2) is 10.6 Å². The maximum Gasteiger partial charge on any atom is 0.374 e. The van der Waals surface area contributed by atoms with E-state index in [-0.39, 0.29) is 11.5 Å². The summed E-state index contributed by atoms with van der Waals surface area (Å²) in [5.74, 6) is -1.98. The van der Waals surface area contributed by atoms with E-state index in [4.69, 9.17) is 5.11 Å². The van der Waals surface area contributed by atoms with Gasteiger partial charge in [0.1, 0.15) is 0 Å². The summed E-state index contributed by atoms with van der Waals surface area (Å²) in [5.41, 5.74) is -0.00644. The number of hydrogen-bond donors (Lipinski definition) is 2. The van der Waals surface area contributed by atoms with Crippen LogP contribution >= 0.6 is 0 Å². The van der Waals surface area contributed by atoms with E-state index in [0.29, 0.717) is 12.6 Å². The van der Waals surface area contributed by atoms with Crippen LogP contribution in [0.5, 0.6) is 0 Å². The monoisotopic (exact) mass is 253 g/mol. The highest BCUT2D eigenvalue weighted by Crippen LogP contribution is 2.13. The minimum Gasteiger partial charge on any atom is -0.475 e. The van der Waals surface area contributed by atoms with Crippen LogP contribution in [0, 0.1) is 0 Å². The van der Waals surface area contributed by atoms with Crippen LogP contribution in [-0.2, 0) is 0 Å². The summed E-state index contributed by atoms with van der Waals surface area (Å²) in [6.45, 7) is 1.57. The lowest BCUT2D eigenvalue weighted by Crippen LogP contribution is -2.38. The molecule has 18 heavy (non-hydrogen) atoms. The fraction of sp³-hybridized carbons (Fsp3) is 0.545. The van der Waals surface area contributed by atoms with Crippen LogP contribution in [0.3, 0.4) is 0 Å². The number of nitrogens with one attached hydrogen (secondary N) is 1. The van der Waals surface area contributed by atoms with E-state index >= 15 is 0 Å². The van der Waals surface area contributed by atoms with E-state index in [2.05, 4.69) is 19.9 Å². The molecule has 0 spiro atoms. The predicted octanol–water partition coefficient (Wildman–Crippen LogP) is 0.197. The maximum absolute atomic E-state index is 11.7. The number of carbonyl (C=O) groups excluding carboxylic acids is 1. The van der Waals surface area contributed by atoms with E-state index in [1.165, 1.54) is 0 Å². The minimum absolute atomic E-state index is 0.00644. The molecule has 1 fully saturated rings. The van der Waals surface area contributed by atoms with Crippen molar-refractivity contribution in [1.82, 2.24) is 15.4 Å². The number of carboxylic acid groups (broad SMARTS) is 1. The Morgan fingerprint density at radius 2 is 2.44 bits per heavy atom. The van der Waals surface area contributed by atoms with Crippen molar-refractivity contribution >= 4 is 11.9 Å². The number of nitrogens with zero attached hydrogens (tertiary/aromatic N) is 2. The average molecular weight is 253 g/mol. The lowest BCUT2D eigenvalue weighted by Gasteiger charge is -2.19. The van der Waals surface area contributed by atoms with Crippen molar-refractivity contribution in [2.24, 2.45) is 0 Å². The van der Waals surface area contributed by atoms with Crippen LogP contribution in [0.1, 0.15) is 33.9 Å². The van der Waals surface area contributed by atoms with E-state index < -0.39 is 11.9 Å². The second-order valence-corrected chi connectivity index (χ2v) is 4.37. The van der Waals surface area contributed by atoms with E-state index in [1.54, 1.807) is 0 Å². The van der Waals surface area contributed by atoms with E-state index in [0.717, 1.165) is 25.5 Å². The highest BCUT2D eigenvalue weighted by atomic mass is 16.5. The minimum atomic E-state index is -1.24. The molecule has 0 saturated carbocycles. The molecule has 1 aromatic heterocycles. The summed E-state index contributed by atoms with van der Waals surface area (Å²) in [5, 5.41) is 14.8. The Hall–Kier alpha value is -1.89. The van der Waals surface area contributed by atoms with Crippen molar-refractivity contribution in [2.75, 3.05) is 20.1 Å². The zero-order chi connectivity index (χ0) is 13.1. The topological polar surface area (TPSA) is 95.7 Å². The van der Waals surface area contributed by atoms with Gasteiger partial charge >= 0.3 is 5.97 Å². The van der Waals surface area contributed by atoms with Gasteiger partial charge in [0, 0.05) is 18.7 Å². The third-order valence-electron chi connectivity index (χ3n) is 3.12. The van der Waals surface area contributed by atoms with Crippen LogP contribution in [-0.4, -0.2) is 53.2 Å². The molecule has 2 rings (SSSR count). The smallest absolute Gasteiger partial charge is 0.374 e. The number of aromatic nitrogens is 1. The molecule has 1 amide bonds. The molecule has 0 aliphatic carbocycles. The molecule has 1 aliphatic heterocycles. The summed E-state index contributed by atoms with van der Waals surface area (Å²) in [6.07, 6.45) is 2.18. The number of likely N-dealkylation sites (N-methyl/N-ethyl adjacent to an activating group) is 1. The molecule has 0 bridgehead atoms. The fourth-order valence-corrected chi connectivity index (χ4v) is 2.02. The Labute approximate surface area is 104 Å². The second kappa shape index (κ2) is 5.18. The number of aromatic carboxylic acids is 1. The van der Waals surface area contributed by atoms with Gasteiger partial charge in [-0.15, -0.1) is 0 Å². The number of carbonyl (C=O) groups is 2. The first-order chi connectivity index (χ1) is 8.58. The molecule has 1 unspecified atom stereocenters. The Morgan fingerprint density at radius 3 is 3.00 bits per heavy atom. The van der Waals surface area contributed by atoms with Crippen molar-refractivity contribution in [1.29, 1.82) is 0 Å². The molecular weight excluding hydrogens is 238 g/mol. The first-order valence-electron chi connectivity index (χ1n) is 5.76. The third kappa shape index (κ3) is 2.67. The number of carboxylic acids is 1. The zero-order valence-corrected chi connectivity index (χ0v) is 10.0. The number of amides is 1. The van der Waals surface area contributed by atoms with Crippen molar-refractivity contribution < 1.29 is 19.2 Å². The van der Waals surface area contributed by atoms with Crippen LogP contribution in [0.2, 0.25) is 0 Å². The van der Waals surface area contributed by atoms with Crippen molar-refractivity contribution in [3.63, 3.8) is 0 Å². The molecule has 2 N–H and O–H groups in total. The molecule has 1 atom stereocenters. The molecule has 0 radical (unpaired) electrons. The third-order valence-corrected chi connectivity index (χ3v) is 3.12. The summed E-state index contributed by atoms with van der Waals surface area (Å²) in [6, 6.07) is 1.45. The average Bonchev–Trinajstić information content (AvgIpc) is 2.94. The molecule has 98 valence electrons. The summed E-state index contributed by atoms with van der Waals surface area (Å²) < 4.78 is 4.52. The Morgan fingerprint density at radius 1 is 1.67 bits per heavy atom. The lowest BCUT2D eigenvalue weighted by molar-refractivity contribution is 0.0651. The molecule has 7 heteroatoms. The molecule has 0 aromatic carbocycles. The van der Waals surface area contributed by atoms with Gasteiger partial charge in [0.25, 0.3) is 5.91 Å². The molecule has 1 aliphatic rings. The standard InChI is InChI=1S/C11H15N3O4/c1-14-4-2-3-7(14)6-12-10(15)8-5-9(11(16)17)18-13-8/h5,7H,2-4,6H2,1H3,(H,12,15)(H,16,17). The number of hydrogen-bond acceptors (Lipinski definition) is 5. The van der Waals surface area contributed by atoms with Crippen LogP contribution < -0.4 is 5.32 Å². The predicted molar refractivity (Wildman–Crippen MR) is 61.4 cm³/mol. The molecule has 1 saturated heterocycles. The van der Waals surface area contributed by atoms with Gasteiger partial charge in [0.15, 0.2) is 5.69 Å². The maximum atomic E-state index is 11.7. The van der Waals surface area contributed by atoms with Crippen molar-refractivity contribution in [3.05, 3.63) is 17.5 Å². The van der Waals surface area contributed by atoms with Crippen molar-refractivity contribution in [2.45, 2.75) is 18.9 Å². The molecule has 2 heterocycles. The molecule has 7 nitrogen and oxygen atoms in total. The van der Waals surface area contributed by atoms with Gasteiger partial charge in [-0.3, -0.25) is 4.79 Å². The number of likely N-dealkylation sites (tertiary alicyclic amines) is 1. The first kappa shape index (κ1) is 12.6. The van der Waals surface area contributed by atoms with E-state index in [1.807, 2.05) is 7.05 Å². The van der Waals surface area contributed by atoms with Gasteiger partial charge in [0.05, 0.1) is 0 Å². The SMILES string of the molecule is CN1CCCC1CNC(=O)c1cc(C(=O)O)on1. The van der Waals surface area contributed by atoms with Gasteiger partial charge in [-0.1, -0.05) is 5.16 Å². The zero-order valence-electron chi connectivity index (χ0n) is 10.0. The number of rotatable bonds is 4. The Kier molecular flexibility index (Phi) is 3.61. The highest BCUT2D eigenvalue weighted by Gasteiger charge is 2.22. The molecular formula is C11H15N3O4. The summed E-state index contributed by atoms with van der Waals surface area (Å²) in [4.78, 5) is 24.5. The van der Waals surface area contributed by atoms with Crippen LogP contribution in [0.4, 0.5) is 0 Å².